The van der Waals surface area contributed by atoms with Crippen molar-refractivity contribution in [1.29, 1.82) is 0 Å². The fourth-order valence-corrected chi connectivity index (χ4v) is 4.46. The van der Waals surface area contributed by atoms with E-state index in [0.717, 1.165) is 46.5 Å². The number of ether oxygens (including phenoxy) is 1. The summed E-state index contributed by atoms with van der Waals surface area (Å²) in [4.78, 5) is 9.70. The van der Waals surface area contributed by atoms with Gasteiger partial charge in [0.1, 0.15) is 0 Å². The lowest BCUT2D eigenvalue weighted by Gasteiger charge is -2.21. The fraction of sp³-hybridized carbons (Fsp3) is 0.172. The van der Waals surface area contributed by atoms with E-state index in [0.29, 0.717) is 5.88 Å². The summed E-state index contributed by atoms with van der Waals surface area (Å²) in [5.74, 6) is 0.612. The van der Waals surface area contributed by atoms with Crippen LogP contribution in [0.3, 0.4) is 0 Å². The van der Waals surface area contributed by atoms with Gasteiger partial charge in [0, 0.05) is 29.0 Å². The van der Waals surface area contributed by atoms with E-state index in [-0.39, 0.29) is 0 Å². The molecule has 3 heteroatoms. The molecule has 1 aliphatic rings. The molecule has 3 aromatic carbocycles. The number of rotatable bonds is 5. The van der Waals surface area contributed by atoms with Crippen molar-refractivity contribution in [2.75, 3.05) is 7.11 Å². The zero-order chi connectivity index (χ0) is 21.8. The maximum absolute atomic E-state index is 5.40. The van der Waals surface area contributed by atoms with Gasteiger partial charge in [-0.2, -0.15) is 0 Å². The van der Waals surface area contributed by atoms with Crippen LogP contribution in [0.1, 0.15) is 35.1 Å². The van der Waals surface area contributed by atoms with Gasteiger partial charge in [-0.05, 0) is 48.4 Å². The van der Waals surface area contributed by atoms with Gasteiger partial charge in [-0.25, -0.2) is 9.98 Å². The normalized spacial score (nSPS) is 12.7. The van der Waals surface area contributed by atoms with Gasteiger partial charge in [0.25, 0.3) is 0 Å². The Balaban J connectivity index is 1.77. The van der Waals surface area contributed by atoms with Crippen LogP contribution in [0.4, 0.5) is 5.69 Å². The number of methoxy groups -OCH3 is 1. The molecule has 0 amide bonds. The largest absolute Gasteiger partial charge is 0.481 e. The van der Waals surface area contributed by atoms with Gasteiger partial charge in [-0.1, -0.05) is 72.8 Å². The number of nitrogens with zero attached hydrogens (tertiary/aromatic N) is 2. The van der Waals surface area contributed by atoms with Gasteiger partial charge >= 0.3 is 0 Å². The molecule has 1 heterocycles. The molecule has 0 saturated heterocycles. The second kappa shape index (κ2) is 9.19. The van der Waals surface area contributed by atoms with E-state index in [1.54, 1.807) is 13.3 Å². The Morgan fingerprint density at radius 1 is 0.812 bits per heavy atom. The first kappa shape index (κ1) is 20.2. The second-order valence-electron chi connectivity index (χ2n) is 8.09. The molecule has 5 rings (SSSR count). The van der Waals surface area contributed by atoms with Gasteiger partial charge in [0.15, 0.2) is 0 Å². The zero-order valence-corrected chi connectivity index (χ0v) is 18.3. The van der Waals surface area contributed by atoms with Crippen LogP contribution in [0, 0.1) is 0 Å². The van der Waals surface area contributed by atoms with Crippen molar-refractivity contribution >= 4 is 11.4 Å². The summed E-state index contributed by atoms with van der Waals surface area (Å²) >= 11 is 0. The summed E-state index contributed by atoms with van der Waals surface area (Å²) in [5.41, 5.74) is 9.27. The summed E-state index contributed by atoms with van der Waals surface area (Å²) in [6.07, 6.45) is 6.41. The summed E-state index contributed by atoms with van der Waals surface area (Å²) in [5, 5.41) is 0. The summed E-state index contributed by atoms with van der Waals surface area (Å²) in [6.45, 7) is 0. The molecule has 0 radical (unpaired) electrons. The van der Waals surface area contributed by atoms with Gasteiger partial charge < -0.3 is 4.74 Å². The van der Waals surface area contributed by atoms with Crippen molar-refractivity contribution in [3.05, 3.63) is 113 Å². The first-order valence-electron chi connectivity index (χ1n) is 11.2. The lowest BCUT2D eigenvalue weighted by atomic mass is 9.87. The van der Waals surface area contributed by atoms with E-state index in [1.807, 2.05) is 24.3 Å². The van der Waals surface area contributed by atoms with Crippen molar-refractivity contribution in [3.8, 4) is 17.0 Å². The average Bonchev–Trinajstić information content (AvgIpc) is 2.88. The Hall–Kier alpha value is -3.72. The second-order valence-corrected chi connectivity index (χ2v) is 8.09. The molecule has 0 fully saturated rings. The quantitative estimate of drug-likeness (QED) is 0.334. The van der Waals surface area contributed by atoms with E-state index < -0.39 is 0 Å². The van der Waals surface area contributed by atoms with E-state index >= 15 is 0 Å². The van der Waals surface area contributed by atoms with Crippen LogP contribution in [0.15, 0.2) is 96.1 Å². The topological polar surface area (TPSA) is 34.5 Å². The Morgan fingerprint density at radius 2 is 1.50 bits per heavy atom. The number of aromatic nitrogens is 1. The molecule has 1 aliphatic carbocycles. The molecule has 0 bridgehead atoms. The minimum Gasteiger partial charge on any atom is -0.481 e. The van der Waals surface area contributed by atoms with Crippen molar-refractivity contribution in [3.63, 3.8) is 0 Å². The van der Waals surface area contributed by atoms with Gasteiger partial charge in [-0.15, -0.1) is 0 Å². The lowest BCUT2D eigenvalue weighted by Crippen LogP contribution is -2.07. The summed E-state index contributed by atoms with van der Waals surface area (Å²) < 4.78 is 5.40. The average molecular weight is 419 g/mol. The minimum atomic E-state index is 0.612. The van der Waals surface area contributed by atoms with Crippen LogP contribution in [-0.2, 0) is 12.8 Å². The monoisotopic (exact) mass is 418 g/mol. The number of benzene rings is 3. The highest BCUT2D eigenvalue weighted by Gasteiger charge is 2.19. The van der Waals surface area contributed by atoms with Crippen LogP contribution in [0.2, 0.25) is 0 Å². The molecular weight excluding hydrogens is 392 g/mol. The van der Waals surface area contributed by atoms with Crippen molar-refractivity contribution < 1.29 is 4.74 Å². The Bertz CT molecular complexity index is 1210. The van der Waals surface area contributed by atoms with E-state index in [9.17, 15) is 0 Å². The number of aryl methyl sites for hydroxylation is 1. The van der Waals surface area contributed by atoms with Crippen molar-refractivity contribution in [2.45, 2.75) is 25.7 Å². The molecular formula is C29H26N2O. The highest BCUT2D eigenvalue weighted by Crippen LogP contribution is 2.40. The third-order valence-electron chi connectivity index (χ3n) is 6.08. The third-order valence-corrected chi connectivity index (χ3v) is 6.08. The van der Waals surface area contributed by atoms with E-state index in [2.05, 4.69) is 65.6 Å². The number of fused-ring (bicyclic) bond motifs is 1. The number of hydrogen-bond acceptors (Lipinski definition) is 3. The van der Waals surface area contributed by atoms with E-state index in [1.165, 1.54) is 24.0 Å². The summed E-state index contributed by atoms with van der Waals surface area (Å²) in [7, 11) is 1.65. The van der Waals surface area contributed by atoms with Crippen LogP contribution in [0.5, 0.6) is 5.88 Å². The Kier molecular flexibility index (Phi) is 5.80. The van der Waals surface area contributed by atoms with Crippen LogP contribution < -0.4 is 4.74 Å². The van der Waals surface area contributed by atoms with Gasteiger partial charge in [-0.3, -0.25) is 0 Å². The number of aliphatic imine (C=N–C) groups is 1. The van der Waals surface area contributed by atoms with E-state index in [4.69, 9.17) is 9.73 Å². The molecule has 1 aromatic heterocycles. The predicted octanol–water partition coefficient (Wildman–Crippen LogP) is 6.81. The Morgan fingerprint density at radius 3 is 2.19 bits per heavy atom. The van der Waals surface area contributed by atoms with Crippen LogP contribution in [0.25, 0.3) is 11.1 Å². The molecule has 0 saturated carbocycles. The number of pyridine rings is 1. The molecule has 0 unspecified atom stereocenters. The highest BCUT2D eigenvalue weighted by molar-refractivity contribution is 6.14. The van der Waals surface area contributed by atoms with Crippen LogP contribution in [-0.4, -0.2) is 17.8 Å². The lowest BCUT2D eigenvalue weighted by molar-refractivity contribution is 0.398. The molecule has 158 valence electrons. The number of hydrogen-bond donors (Lipinski definition) is 0. The van der Waals surface area contributed by atoms with Gasteiger partial charge in [0.2, 0.25) is 5.88 Å². The smallest absolute Gasteiger partial charge is 0.213 e. The van der Waals surface area contributed by atoms with Crippen molar-refractivity contribution in [2.24, 2.45) is 4.99 Å². The van der Waals surface area contributed by atoms with Crippen LogP contribution >= 0.6 is 0 Å². The maximum atomic E-state index is 5.40. The highest BCUT2D eigenvalue weighted by atomic mass is 16.5. The molecule has 0 aliphatic heterocycles. The van der Waals surface area contributed by atoms with Crippen molar-refractivity contribution in [1.82, 2.24) is 4.98 Å². The molecule has 0 atom stereocenters. The maximum Gasteiger partial charge on any atom is 0.213 e. The van der Waals surface area contributed by atoms with Gasteiger partial charge in [0.05, 0.1) is 18.5 Å². The third kappa shape index (κ3) is 4.06. The molecule has 0 N–H and O–H groups in total. The minimum absolute atomic E-state index is 0.612. The first-order valence-corrected chi connectivity index (χ1v) is 11.2. The fourth-order valence-electron chi connectivity index (χ4n) is 4.46. The molecule has 0 spiro atoms. The molecule has 4 aromatic rings. The standard InChI is InChI=1S/C29H26N2O/c1-32-27-20-24(18-19-30-27)26-17-16-21-10-8-9-15-25(21)29(26)31-28(22-11-4-2-5-12-22)23-13-6-3-7-14-23/h2-7,11-14,16-20H,8-10,15H2,1H3. The summed E-state index contributed by atoms with van der Waals surface area (Å²) in [6, 6.07) is 29.4. The molecule has 3 nitrogen and oxygen atoms in total. The predicted molar refractivity (Wildman–Crippen MR) is 131 cm³/mol. The Labute approximate surface area is 189 Å². The SMILES string of the molecule is COc1cc(-c2ccc3c(c2N=C(c2ccccc2)c2ccccc2)CCCC3)ccn1. The zero-order valence-electron chi connectivity index (χ0n) is 18.3. The molecule has 32 heavy (non-hydrogen) atoms. The first-order chi connectivity index (χ1) is 15.8.